The summed E-state index contributed by atoms with van der Waals surface area (Å²) in [6, 6.07) is 19.8. The Labute approximate surface area is 147 Å². The first-order valence-corrected chi connectivity index (χ1v) is 7.87. The zero-order chi connectivity index (χ0) is 17.8. The number of benzene rings is 2. The van der Waals surface area contributed by atoms with Crippen molar-refractivity contribution in [3.8, 4) is 40.1 Å². The normalized spacial score (nSPS) is 10.2. The smallest absolute Gasteiger partial charge is 0.232 e. The number of methoxy groups -OCH3 is 2. The van der Waals surface area contributed by atoms with Gasteiger partial charge in [-0.2, -0.15) is 5.26 Å². The van der Waals surface area contributed by atoms with Gasteiger partial charge in [-0.3, -0.25) is 0 Å². The highest BCUT2D eigenvalue weighted by atomic mass is 16.5. The molecule has 0 spiro atoms. The lowest BCUT2D eigenvalue weighted by molar-refractivity contribution is 0.397. The van der Waals surface area contributed by atoms with Crippen molar-refractivity contribution in [3.63, 3.8) is 0 Å². The molecule has 0 aliphatic rings. The fourth-order valence-corrected chi connectivity index (χ4v) is 2.65. The Morgan fingerprint density at radius 3 is 2.08 bits per heavy atom. The minimum absolute atomic E-state index is 0.325. The Morgan fingerprint density at radius 2 is 1.52 bits per heavy atom. The van der Waals surface area contributed by atoms with E-state index >= 15 is 0 Å². The molecule has 124 valence electrons. The zero-order valence-corrected chi connectivity index (χ0v) is 14.4. The minimum atomic E-state index is 0.325. The summed E-state index contributed by atoms with van der Waals surface area (Å²) in [5, 5.41) is 9.59. The summed E-state index contributed by atoms with van der Waals surface area (Å²) >= 11 is 0. The van der Waals surface area contributed by atoms with E-state index < -0.39 is 0 Å². The molecule has 0 saturated heterocycles. The lowest BCUT2D eigenvalue weighted by Gasteiger charge is -2.12. The van der Waals surface area contributed by atoms with E-state index in [4.69, 9.17) is 9.47 Å². The molecule has 1 heterocycles. The standard InChI is InChI=1S/C21H18N2O2/c1-14-4-6-15(7-5-14)18-12-20(23-21(25-3)19(18)13-22)16-8-10-17(24-2)11-9-16/h4-12H,1-3H3. The van der Waals surface area contributed by atoms with Gasteiger partial charge in [-0.25, -0.2) is 4.98 Å². The van der Waals surface area contributed by atoms with E-state index in [-0.39, 0.29) is 0 Å². The van der Waals surface area contributed by atoms with Crippen molar-refractivity contribution < 1.29 is 9.47 Å². The van der Waals surface area contributed by atoms with Crippen molar-refractivity contribution in [2.75, 3.05) is 14.2 Å². The first-order valence-electron chi connectivity index (χ1n) is 7.87. The van der Waals surface area contributed by atoms with Crippen LogP contribution in [0.25, 0.3) is 22.4 Å². The molecule has 1 aromatic heterocycles. The molecule has 0 saturated carbocycles. The fraction of sp³-hybridized carbons (Fsp3) is 0.143. The third-order valence-corrected chi connectivity index (χ3v) is 4.04. The van der Waals surface area contributed by atoms with Gasteiger partial charge < -0.3 is 9.47 Å². The molecule has 3 aromatic rings. The Kier molecular flexibility index (Phi) is 4.67. The number of ether oxygens (including phenoxy) is 2. The number of nitriles is 1. The molecular formula is C21H18N2O2. The Hall–Kier alpha value is -3.32. The van der Waals surface area contributed by atoms with E-state index in [0.29, 0.717) is 11.4 Å². The van der Waals surface area contributed by atoms with Crippen LogP contribution in [0, 0.1) is 18.3 Å². The highest BCUT2D eigenvalue weighted by Crippen LogP contribution is 2.33. The van der Waals surface area contributed by atoms with Crippen LogP contribution in [0.1, 0.15) is 11.1 Å². The van der Waals surface area contributed by atoms with Crippen LogP contribution in [-0.4, -0.2) is 19.2 Å². The van der Waals surface area contributed by atoms with Crippen LogP contribution in [0.15, 0.2) is 54.6 Å². The molecule has 25 heavy (non-hydrogen) atoms. The van der Waals surface area contributed by atoms with Crippen LogP contribution in [-0.2, 0) is 0 Å². The minimum Gasteiger partial charge on any atom is -0.497 e. The van der Waals surface area contributed by atoms with Gasteiger partial charge in [0.05, 0.1) is 19.9 Å². The zero-order valence-electron chi connectivity index (χ0n) is 14.4. The van der Waals surface area contributed by atoms with Gasteiger partial charge in [0.1, 0.15) is 17.4 Å². The molecule has 0 aliphatic heterocycles. The van der Waals surface area contributed by atoms with Crippen LogP contribution in [0.3, 0.4) is 0 Å². The summed E-state index contributed by atoms with van der Waals surface area (Å²) in [5.74, 6) is 1.11. The molecule has 0 radical (unpaired) electrons. The highest BCUT2D eigenvalue weighted by Gasteiger charge is 2.15. The maximum absolute atomic E-state index is 9.59. The van der Waals surface area contributed by atoms with Crippen molar-refractivity contribution in [2.24, 2.45) is 0 Å². The molecular weight excluding hydrogens is 312 g/mol. The van der Waals surface area contributed by atoms with E-state index in [1.54, 1.807) is 7.11 Å². The van der Waals surface area contributed by atoms with E-state index in [2.05, 4.69) is 11.1 Å². The van der Waals surface area contributed by atoms with E-state index in [9.17, 15) is 5.26 Å². The number of pyridine rings is 1. The Bertz CT molecular complexity index is 924. The van der Waals surface area contributed by atoms with E-state index in [1.807, 2.05) is 61.5 Å². The average molecular weight is 330 g/mol. The van der Waals surface area contributed by atoms with Gasteiger partial charge >= 0.3 is 0 Å². The van der Waals surface area contributed by atoms with E-state index in [0.717, 1.165) is 28.1 Å². The van der Waals surface area contributed by atoms with Crippen molar-refractivity contribution in [1.82, 2.24) is 4.98 Å². The number of rotatable bonds is 4. The molecule has 0 bridgehead atoms. The van der Waals surface area contributed by atoms with Gasteiger partial charge in [-0.1, -0.05) is 29.8 Å². The van der Waals surface area contributed by atoms with Gasteiger partial charge in [0.2, 0.25) is 5.88 Å². The molecule has 4 nitrogen and oxygen atoms in total. The topological polar surface area (TPSA) is 55.1 Å². The molecule has 2 aromatic carbocycles. The molecule has 4 heteroatoms. The van der Waals surface area contributed by atoms with Crippen molar-refractivity contribution in [3.05, 3.63) is 65.7 Å². The summed E-state index contributed by atoms with van der Waals surface area (Å²) in [6.07, 6.45) is 0. The summed E-state index contributed by atoms with van der Waals surface area (Å²) < 4.78 is 10.6. The number of hydrogen-bond acceptors (Lipinski definition) is 4. The largest absolute Gasteiger partial charge is 0.497 e. The van der Waals surface area contributed by atoms with Gasteiger partial charge in [0, 0.05) is 11.1 Å². The second kappa shape index (κ2) is 7.06. The summed E-state index contributed by atoms with van der Waals surface area (Å²) in [6.45, 7) is 2.03. The molecule has 0 fully saturated rings. The summed E-state index contributed by atoms with van der Waals surface area (Å²) in [4.78, 5) is 4.51. The average Bonchev–Trinajstić information content (AvgIpc) is 2.67. The first kappa shape index (κ1) is 16.5. The van der Waals surface area contributed by atoms with Crippen molar-refractivity contribution in [2.45, 2.75) is 6.92 Å². The second-order valence-electron chi connectivity index (χ2n) is 5.65. The monoisotopic (exact) mass is 330 g/mol. The summed E-state index contributed by atoms with van der Waals surface area (Å²) in [7, 11) is 3.16. The number of nitrogens with zero attached hydrogens (tertiary/aromatic N) is 2. The molecule has 0 unspecified atom stereocenters. The molecule has 0 N–H and O–H groups in total. The third-order valence-electron chi connectivity index (χ3n) is 4.04. The Balaban J connectivity index is 2.19. The summed E-state index contributed by atoms with van der Waals surface area (Å²) in [5.41, 5.74) is 5.03. The molecule has 3 rings (SSSR count). The quantitative estimate of drug-likeness (QED) is 0.701. The van der Waals surface area contributed by atoms with Crippen molar-refractivity contribution in [1.29, 1.82) is 5.26 Å². The van der Waals surface area contributed by atoms with Crippen molar-refractivity contribution >= 4 is 0 Å². The number of aromatic nitrogens is 1. The molecule has 0 atom stereocenters. The lowest BCUT2D eigenvalue weighted by atomic mass is 9.98. The predicted molar refractivity (Wildman–Crippen MR) is 97.7 cm³/mol. The number of hydrogen-bond donors (Lipinski definition) is 0. The second-order valence-corrected chi connectivity index (χ2v) is 5.65. The van der Waals surface area contributed by atoms with Crippen LogP contribution < -0.4 is 9.47 Å². The van der Waals surface area contributed by atoms with Crippen LogP contribution >= 0.6 is 0 Å². The van der Waals surface area contributed by atoms with Gasteiger partial charge in [-0.15, -0.1) is 0 Å². The fourth-order valence-electron chi connectivity index (χ4n) is 2.65. The number of aryl methyl sites for hydroxylation is 1. The highest BCUT2D eigenvalue weighted by molar-refractivity contribution is 5.78. The Morgan fingerprint density at radius 1 is 0.880 bits per heavy atom. The SMILES string of the molecule is COc1ccc(-c2cc(-c3ccc(C)cc3)c(C#N)c(OC)n2)cc1. The third kappa shape index (κ3) is 3.31. The van der Waals surface area contributed by atoms with Gasteiger partial charge in [-0.05, 0) is 42.8 Å². The maximum atomic E-state index is 9.59. The van der Waals surface area contributed by atoms with Gasteiger partial charge in [0.25, 0.3) is 0 Å². The maximum Gasteiger partial charge on any atom is 0.232 e. The molecule has 0 amide bonds. The first-order chi connectivity index (χ1) is 12.2. The van der Waals surface area contributed by atoms with Crippen LogP contribution in [0.4, 0.5) is 0 Å². The van der Waals surface area contributed by atoms with Crippen LogP contribution in [0.2, 0.25) is 0 Å². The molecule has 0 aliphatic carbocycles. The van der Waals surface area contributed by atoms with Crippen LogP contribution in [0.5, 0.6) is 11.6 Å². The van der Waals surface area contributed by atoms with Gasteiger partial charge in [0.15, 0.2) is 0 Å². The lowest BCUT2D eigenvalue weighted by Crippen LogP contribution is -1.98. The predicted octanol–water partition coefficient (Wildman–Crippen LogP) is 4.61. The van der Waals surface area contributed by atoms with E-state index in [1.165, 1.54) is 12.7 Å².